The van der Waals surface area contributed by atoms with E-state index in [0.29, 0.717) is 0 Å². The highest BCUT2D eigenvalue weighted by Crippen LogP contribution is 2.31. The van der Waals surface area contributed by atoms with Crippen LogP contribution in [0.2, 0.25) is 0 Å². The third-order valence-electron chi connectivity index (χ3n) is 0.898. The van der Waals surface area contributed by atoms with Crippen LogP contribution >= 0.6 is 7.55 Å². The summed E-state index contributed by atoms with van der Waals surface area (Å²) >= 11 is 0. The molecule has 0 N–H and O–H groups in total. The van der Waals surface area contributed by atoms with Crippen LogP contribution in [-0.4, -0.2) is 6.30 Å². The molecule has 1 rings (SSSR count). The molecule has 0 bridgehead atoms. The van der Waals surface area contributed by atoms with Crippen LogP contribution in [0.3, 0.4) is 0 Å². The molecule has 0 spiro atoms. The molecule has 7 heavy (non-hydrogen) atoms. The summed E-state index contributed by atoms with van der Waals surface area (Å²) in [6.45, 7) is 2.10. The average molecular weight is 111 g/mol. The second-order valence-electron chi connectivity index (χ2n) is 1.70. The Kier molecular flexibility index (Phi) is 1.12. The Balaban J connectivity index is 2.88. The molecule has 0 aliphatic carbocycles. The zero-order chi connectivity index (χ0) is 5.28. The van der Waals surface area contributed by atoms with Crippen LogP contribution in [0.1, 0.15) is 6.92 Å². The van der Waals surface area contributed by atoms with E-state index >= 15 is 0 Å². The minimum Gasteiger partial charge on any atom is -0.0359 e. The zero-order valence-electron chi connectivity index (χ0n) is 4.39. The molecular weight excluding hydrogens is 103 g/mol. The molecule has 1 heteroatoms. The number of hydrogen-bond donors (Lipinski definition) is 0. The number of hydrogen-bond acceptors (Lipinski definition) is 0. The smallest absolute Gasteiger partial charge is 0.0359 e. The third-order valence-corrected chi connectivity index (χ3v) is 2.17. The highest BCUT2D eigenvalue weighted by atomic mass is 31.1. The van der Waals surface area contributed by atoms with Crippen LogP contribution in [0.5, 0.6) is 0 Å². The van der Waals surface area contributed by atoms with E-state index in [1.54, 1.807) is 0 Å². The van der Waals surface area contributed by atoms with Gasteiger partial charge in [0, 0.05) is 0 Å². The van der Waals surface area contributed by atoms with Gasteiger partial charge in [-0.05, 0) is 18.6 Å². The fourth-order valence-corrected chi connectivity index (χ4v) is 1.68. The topological polar surface area (TPSA) is 0 Å². The molecule has 1 aliphatic rings. The first kappa shape index (κ1) is 4.80. The standard InChI is InChI=1S/C6H8P/c1-6-3-4-7(2)5-6/h3-5H,2H2,1H3/q+1. The summed E-state index contributed by atoms with van der Waals surface area (Å²) in [5.41, 5.74) is 1.36. The van der Waals surface area contributed by atoms with Crippen molar-refractivity contribution in [1.29, 1.82) is 0 Å². The molecule has 0 fully saturated rings. The molecule has 0 aromatic heterocycles. The monoisotopic (exact) mass is 111 g/mol. The minimum atomic E-state index is -0.0970. The summed E-state index contributed by atoms with van der Waals surface area (Å²) in [7, 11) is -0.0970. The fourth-order valence-electron chi connectivity index (χ4n) is 0.561. The number of rotatable bonds is 0. The molecule has 1 atom stereocenters. The van der Waals surface area contributed by atoms with Gasteiger partial charge in [-0.1, -0.05) is 0 Å². The van der Waals surface area contributed by atoms with Gasteiger partial charge in [0.05, 0.1) is 6.30 Å². The summed E-state index contributed by atoms with van der Waals surface area (Å²) < 4.78 is 0. The lowest BCUT2D eigenvalue weighted by Gasteiger charge is -1.66. The maximum absolute atomic E-state index is 3.89. The normalized spacial score (nSPS) is 23.0. The average Bonchev–Trinajstić information content (AvgIpc) is 1.87. The first-order valence-electron chi connectivity index (χ1n) is 2.24. The second-order valence-corrected chi connectivity index (χ2v) is 3.29. The Morgan fingerprint density at radius 3 is 2.57 bits per heavy atom. The predicted octanol–water partition coefficient (Wildman–Crippen LogP) is 2.33. The highest BCUT2D eigenvalue weighted by molar-refractivity contribution is 7.62. The van der Waals surface area contributed by atoms with Crippen LogP contribution in [-0.2, 0) is 0 Å². The van der Waals surface area contributed by atoms with Gasteiger partial charge in [-0.15, -0.1) is 0 Å². The largest absolute Gasteiger partial charge is 0.147 e. The molecule has 36 valence electrons. The zero-order valence-corrected chi connectivity index (χ0v) is 5.28. The summed E-state index contributed by atoms with van der Waals surface area (Å²) in [4.78, 5) is 0. The van der Waals surface area contributed by atoms with Gasteiger partial charge in [-0.25, -0.2) is 0 Å². The molecular formula is C6H8P+. The molecule has 0 nitrogen and oxygen atoms in total. The van der Waals surface area contributed by atoms with E-state index in [9.17, 15) is 0 Å². The van der Waals surface area contributed by atoms with Crippen molar-refractivity contribution in [3.05, 3.63) is 23.3 Å². The van der Waals surface area contributed by atoms with Crippen molar-refractivity contribution < 1.29 is 0 Å². The van der Waals surface area contributed by atoms with Gasteiger partial charge in [0.1, 0.15) is 19.2 Å². The lowest BCUT2D eigenvalue weighted by atomic mass is 10.4. The fraction of sp³-hybridized carbons (Fsp3) is 0.167. The molecule has 1 unspecified atom stereocenters. The van der Waals surface area contributed by atoms with E-state index in [1.807, 2.05) is 0 Å². The van der Waals surface area contributed by atoms with Crippen LogP contribution in [0.15, 0.2) is 23.3 Å². The third kappa shape index (κ3) is 1.01. The Morgan fingerprint density at radius 2 is 2.43 bits per heavy atom. The van der Waals surface area contributed by atoms with E-state index in [1.165, 1.54) is 5.57 Å². The maximum Gasteiger partial charge on any atom is 0.147 e. The molecule has 0 aromatic rings. The second kappa shape index (κ2) is 1.63. The van der Waals surface area contributed by atoms with E-state index in [0.717, 1.165) is 0 Å². The summed E-state index contributed by atoms with van der Waals surface area (Å²) in [6.07, 6.45) is 6.01. The van der Waals surface area contributed by atoms with Crippen molar-refractivity contribution >= 4 is 13.8 Å². The molecule has 1 aliphatic heterocycles. The molecule has 0 amide bonds. The van der Waals surface area contributed by atoms with Gasteiger partial charge in [-0.2, -0.15) is 0 Å². The lowest BCUT2D eigenvalue weighted by Crippen LogP contribution is -1.51. The highest BCUT2D eigenvalue weighted by Gasteiger charge is 2.02. The molecule has 1 heterocycles. The van der Waals surface area contributed by atoms with E-state index in [-0.39, 0.29) is 7.55 Å². The van der Waals surface area contributed by atoms with E-state index in [4.69, 9.17) is 0 Å². The quantitative estimate of drug-likeness (QED) is 0.421. The maximum atomic E-state index is 3.89. The Labute approximate surface area is 44.9 Å². The molecule has 0 aromatic carbocycles. The van der Waals surface area contributed by atoms with Crippen molar-refractivity contribution in [1.82, 2.24) is 0 Å². The first-order valence-corrected chi connectivity index (χ1v) is 3.91. The SMILES string of the molecule is C=[P+]1C=CC(C)=C1. The summed E-state index contributed by atoms with van der Waals surface area (Å²) in [5.74, 6) is 4.36. The van der Waals surface area contributed by atoms with Crippen LogP contribution in [0, 0.1) is 0 Å². The van der Waals surface area contributed by atoms with Crippen molar-refractivity contribution in [2.24, 2.45) is 0 Å². The van der Waals surface area contributed by atoms with Crippen molar-refractivity contribution in [3.63, 3.8) is 0 Å². The van der Waals surface area contributed by atoms with Gasteiger partial charge in [0.25, 0.3) is 0 Å². The first-order chi connectivity index (χ1) is 3.29. The lowest BCUT2D eigenvalue weighted by molar-refractivity contribution is 1.58. The van der Waals surface area contributed by atoms with Crippen LogP contribution in [0.25, 0.3) is 0 Å². The molecule has 0 saturated carbocycles. The minimum absolute atomic E-state index is 0.0970. The Morgan fingerprint density at radius 1 is 1.71 bits per heavy atom. The van der Waals surface area contributed by atoms with Gasteiger partial charge in [-0.3, -0.25) is 0 Å². The van der Waals surface area contributed by atoms with Gasteiger partial charge < -0.3 is 0 Å². The van der Waals surface area contributed by atoms with E-state index in [2.05, 4.69) is 30.9 Å². The molecule has 0 radical (unpaired) electrons. The Hall–Kier alpha value is -0.350. The van der Waals surface area contributed by atoms with Gasteiger partial charge >= 0.3 is 0 Å². The summed E-state index contributed by atoms with van der Waals surface area (Å²) in [6, 6.07) is 0. The summed E-state index contributed by atoms with van der Waals surface area (Å²) in [5, 5.41) is 0. The van der Waals surface area contributed by atoms with E-state index < -0.39 is 0 Å². The van der Waals surface area contributed by atoms with Crippen molar-refractivity contribution in [2.75, 3.05) is 0 Å². The van der Waals surface area contributed by atoms with Crippen LogP contribution in [0.4, 0.5) is 0 Å². The van der Waals surface area contributed by atoms with Crippen LogP contribution < -0.4 is 0 Å². The van der Waals surface area contributed by atoms with Gasteiger partial charge in [0.2, 0.25) is 0 Å². The van der Waals surface area contributed by atoms with Gasteiger partial charge in [0.15, 0.2) is 0 Å². The predicted molar refractivity (Wildman–Crippen MR) is 36.9 cm³/mol. The molecule has 0 saturated heterocycles. The van der Waals surface area contributed by atoms with Crippen molar-refractivity contribution in [2.45, 2.75) is 6.92 Å². The van der Waals surface area contributed by atoms with Crippen molar-refractivity contribution in [3.8, 4) is 0 Å². The Bertz CT molecular complexity index is 152. The number of allylic oxidation sites excluding steroid dienone is 2.